The largest absolute Gasteiger partial charge is 0.207 e. The van der Waals surface area contributed by atoms with Gasteiger partial charge in [0.1, 0.15) is 5.82 Å². The van der Waals surface area contributed by atoms with E-state index in [0.29, 0.717) is 4.83 Å². The Morgan fingerprint density at radius 3 is 2.79 bits per heavy atom. The molecule has 19 heavy (non-hydrogen) atoms. The summed E-state index contributed by atoms with van der Waals surface area (Å²) in [6, 6.07) is 9.14. The van der Waals surface area contributed by atoms with Crippen molar-refractivity contribution in [1.29, 1.82) is 0 Å². The topological polar surface area (TPSA) is 0 Å². The van der Waals surface area contributed by atoms with E-state index in [1.54, 1.807) is 4.88 Å². The third-order valence-corrected chi connectivity index (χ3v) is 6.76. The average molecular weight is 357 g/mol. The van der Waals surface area contributed by atoms with Crippen molar-refractivity contribution in [3.8, 4) is 0 Å². The summed E-state index contributed by atoms with van der Waals surface area (Å²) in [6.07, 6.45) is 2.12. The number of fused-ring (bicyclic) bond motifs is 1. The van der Waals surface area contributed by atoms with Crippen LogP contribution in [0.3, 0.4) is 0 Å². The fourth-order valence-electron chi connectivity index (χ4n) is 2.25. The summed E-state index contributed by atoms with van der Waals surface area (Å²) < 4.78 is 12.9. The number of aryl methyl sites for hydroxylation is 1. The minimum Gasteiger partial charge on any atom is -0.207 e. The van der Waals surface area contributed by atoms with E-state index < -0.39 is 0 Å². The Morgan fingerprint density at radius 2 is 2.05 bits per heavy atom. The summed E-state index contributed by atoms with van der Waals surface area (Å²) in [5.74, 6) is 2.23. The van der Waals surface area contributed by atoms with E-state index in [4.69, 9.17) is 0 Å². The summed E-state index contributed by atoms with van der Waals surface area (Å²) in [4.78, 5) is 3.28. The fraction of sp³-hybridized carbons (Fsp3) is 0.333. The molecular formula is C15H14BrFS2. The molecule has 0 spiro atoms. The third kappa shape index (κ3) is 3.23. The van der Waals surface area contributed by atoms with Crippen LogP contribution in [0, 0.1) is 5.82 Å². The van der Waals surface area contributed by atoms with Crippen LogP contribution in [0.1, 0.15) is 25.7 Å². The summed E-state index contributed by atoms with van der Waals surface area (Å²) in [5, 5.41) is 0. The second-order valence-electron chi connectivity index (χ2n) is 4.70. The van der Waals surface area contributed by atoms with E-state index in [1.807, 2.05) is 35.2 Å². The van der Waals surface area contributed by atoms with Gasteiger partial charge in [0.25, 0.3) is 0 Å². The summed E-state index contributed by atoms with van der Waals surface area (Å²) in [6.45, 7) is 0. The number of rotatable bonds is 3. The second-order valence-corrected chi connectivity index (χ2v) is 8.08. The van der Waals surface area contributed by atoms with Crippen molar-refractivity contribution in [2.45, 2.75) is 23.4 Å². The van der Waals surface area contributed by atoms with Gasteiger partial charge in [-0.25, -0.2) is 4.39 Å². The van der Waals surface area contributed by atoms with E-state index in [9.17, 15) is 4.39 Å². The lowest BCUT2D eigenvalue weighted by Crippen LogP contribution is -1.96. The lowest BCUT2D eigenvalue weighted by Gasteiger charge is -2.08. The maximum Gasteiger partial charge on any atom is 0.123 e. The van der Waals surface area contributed by atoms with Gasteiger partial charge in [-0.3, -0.25) is 0 Å². The number of hydrogen-bond acceptors (Lipinski definition) is 2. The maximum absolute atomic E-state index is 12.9. The van der Waals surface area contributed by atoms with Crippen molar-refractivity contribution in [3.05, 3.63) is 57.0 Å². The van der Waals surface area contributed by atoms with Crippen LogP contribution in [0.2, 0.25) is 0 Å². The maximum atomic E-state index is 12.9. The van der Waals surface area contributed by atoms with Crippen molar-refractivity contribution in [2.75, 3.05) is 5.75 Å². The summed E-state index contributed by atoms with van der Waals surface area (Å²) >= 11 is 7.73. The smallest absolute Gasteiger partial charge is 0.123 e. The van der Waals surface area contributed by atoms with Gasteiger partial charge in [-0.1, -0.05) is 28.1 Å². The molecular weight excluding hydrogens is 343 g/mol. The van der Waals surface area contributed by atoms with Gasteiger partial charge in [0.2, 0.25) is 0 Å². The monoisotopic (exact) mass is 356 g/mol. The van der Waals surface area contributed by atoms with Crippen molar-refractivity contribution < 1.29 is 4.39 Å². The molecule has 0 saturated heterocycles. The summed E-state index contributed by atoms with van der Waals surface area (Å²) in [5.41, 5.74) is 2.68. The average Bonchev–Trinajstić information content (AvgIpc) is 2.85. The van der Waals surface area contributed by atoms with Crippen molar-refractivity contribution in [1.82, 2.24) is 0 Å². The van der Waals surface area contributed by atoms with Crippen LogP contribution >= 0.6 is 39.0 Å². The molecule has 1 aliphatic heterocycles. The first-order valence-electron chi connectivity index (χ1n) is 6.30. The second kappa shape index (κ2) is 5.98. The molecule has 0 nitrogen and oxygen atoms in total. The molecule has 0 radical (unpaired) electrons. The van der Waals surface area contributed by atoms with E-state index in [0.717, 1.165) is 12.2 Å². The van der Waals surface area contributed by atoms with E-state index in [1.165, 1.54) is 40.3 Å². The predicted molar refractivity (Wildman–Crippen MR) is 86.0 cm³/mol. The summed E-state index contributed by atoms with van der Waals surface area (Å²) in [7, 11) is 0. The minimum atomic E-state index is -0.168. The lowest BCUT2D eigenvalue weighted by atomic mass is 10.1. The molecule has 100 valence electrons. The Kier molecular flexibility index (Phi) is 4.30. The number of thiophene rings is 1. The van der Waals surface area contributed by atoms with Gasteiger partial charge in [-0.2, -0.15) is 11.8 Å². The first-order chi connectivity index (χ1) is 9.22. The minimum absolute atomic E-state index is 0.168. The zero-order valence-corrected chi connectivity index (χ0v) is 13.6. The Labute approximate surface area is 129 Å². The Morgan fingerprint density at radius 1 is 1.26 bits per heavy atom. The number of hydrogen-bond donors (Lipinski definition) is 0. The number of benzene rings is 1. The number of halogens is 2. The quantitative estimate of drug-likeness (QED) is 0.667. The van der Waals surface area contributed by atoms with E-state index in [-0.39, 0.29) is 5.82 Å². The molecule has 1 aromatic carbocycles. The molecule has 1 atom stereocenters. The van der Waals surface area contributed by atoms with E-state index >= 15 is 0 Å². The Hall–Kier alpha value is -0.320. The highest BCUT2D eigenvalue weighted by atomic mass is 79.9. The lowest BCUT2D eigenvalue weighted by molar-refractivity contribution is 0.627. The Bertz CT molecular complexity index is 539. The first-order valence-corrected chi connectivity index (χ1v) is 9.19. The van der Waals surface area contributed by atoms with Crippen molar-refractivity contribution in [3.63, 3.8) is 0 Å². The SMILES string of the molecule is Fc1ccc(CC(Br)c2cc3c(s2)CCSC3)cc1. The fourth-order valence-corrected chi connectivity index (χ4v) is 5.39. The first kappa shape index (κ1) is 13.7. The third-order valence-electron chi connectivity index (χ3n) is 3.28. The predicted octanol–water partition coefficient (Wildman–Crippen LogP) is 5.36. The van der Waals surface area contributed by atoms with Crippen LogP contribution in [0.5, 0.6) is 0 Å². The van der Waals surface area contributed by atoms with Gasteiger partial charge in [0.15, 0.2) is 0 Å². The van der Waals surface area contributed by atoms with Gasteiger partial charge in [-0.05, 0) is 47.9 Å². The molecule has 0 aliphatic carbocycles. The zero-order chi connectivity index (χ0) is 13.2. The van der Waals surface area contributed by atoms with Crippen LogP contribution in [0.4, 0.5) is 4.39 Å². The number of thioether (sulfide) groups is 1. The highest BCUT2D eigenvalue weighted by Gasteiger charge is 2.18. The normalized spacial score (nSPS) is 16.1. The molecule has 4 heteroatoms. The zero-order valence-electron chi connectivity index (χ0n) is 10.4. The van der Waals surface area contributed by atoms with Crippen LogP contribution in [0.25, 0.3) is 0 Å². The molecule has 1 unspecified atom stereocenters. The molecule has 3 rings (SSSR count). The van der Waals surface area contributed by atoms with Crippen molar-refractivity contribution in [2.24, 2.45) is 0 Å². The molecule has 0 bridgehead atoms. The Balaban J connectivity index is 1.74. The van der Waals surface area contributed by atoms with E-state index in [2.05, 4.69) is 22.0 Å². The van der Waals surface area contributed by atoms with Crippen LogP contribution in [-0.2, 0) is 18.6 Å². The molecule has 1 aliphatic rings. The van der Waals surface area contributed by atoms with Gasteiger partial charge in [0, 0.05) is 15.5 Å². The molecule has 0 fully saturated rings. The van der Waals surface area contributed by atoms with Crippen molar-refractivity contribution >= 4 is 39.0 Å². The van der Waals surface area contributed by atoms with Crippen LogP contribution in [-0.4, -0.2) is 5.75 Å². The molecule has 0 amide bonds. The van der Waals surface area contributed by atoms with Gasteiger partial charge < -0.3 is 0 Å². The molecule has 1 aromatic heterocycles. The number of alkyl halides is 1. The molecule has 0 saturated carbocycles. The highest BCUT2D eigenvalue weighted by Crippen LogP contribution is 2.38. The van der Waals surface area contributed by atoms with Gasteiger partial charge in [0.05, 0.1) is 4.83 Å². The molecule has 0 N–H and O–H groups in total. The van der Waals surface area contributed by atoms with Crippen LogP contribution in [0.15, 0.2) is 30.3 Å². The van der Waals surface area contributed by atoms with Crippen LogP contribution < -0.4 is 0 Å². The highest BCUT2D eigenvalue weighted by molar-refractivity contribution is 9.09. The standard InChI is InChI=1S/C15H14BrFS2/c16-13(7-10-1-3-12(17)4-2-10)15-8-11-9-18-6-5-14(11)19-15/h1-4,8,13H,5-7,9H2. The van der Waals surface area contributed by atoms with Gasteiger partial charge in [-0.15, -0.1) is 11.3 Å². The molecule has 2 heterocycles. The molecule has 2 aromatic rings. The van der Waals surface area contributed by atoms with Gasteiger partial charge >= 0.3 is 0 Å².